The van der Waals surface area contributed by atoms with Gasteiger partial charge in [-0.3, -0.25) is 14.5 Å². The number of hydrogen-bond acceptors (Lipinski definition) is 7. The molecule has 3 rings (SSSR count). The van der Waals surface area contributed by atoms with Gasteiger partial charge in [0.1, 0.15) is 17.9 Å². The smallest absolute Gasteiger partial charge is 0.425 e. The lowest BCUT2D eigenvalue weighted by atomic mass is 10.2. The minimum absolute atomic E-state index is 0.0209. The standard InChI is InChI=1S/C19H19ClF5N7O4/c1-8-13(14(20)29-28-8)26-16(34)10-6-11(22)15(27-17(10)36-9(2)19(23,24)25)32-18(35)31(4-3-5-33)12(7-21)30-32/h6,9,33H,3-5,7H2,1-2H3,(H,26,34)(H,28,29)/t9-/m0/s1. The molecule has 0 aliphatic heterocycles. The van der Waals surface area contributed by atoms with Gasteiger partial charge in [0.25, 0.3) is 5.91 Å². The molecule has 1 amide bonds. The van der Waals surface area contributed by atoms with Crippen molar-refractivity contribution in [3.63, 3.8) is 0 Å². The van der Waals surface area contributed by atoms with Gasteiger partial charge in [-0.1, -0.05) is 11.6 Å². The highest BCUT2D eigenvalue weighted by Crippen LogP contribution is 2.29. The first-order chi connectivity index (χ1) is 16.9. The molecular weight excluding hydrogens is 521 g/mol. The number of halogens is 6. The summed E-state index contributed by atoms with van der Waals surface area (Å²) in [5.41, 5.74) is -1.56. The van der Waals surface area contributed by atoms with Crippen LogP contribution in [0.4, 0.5) is 27.6 Å². The second-order valence-corrected chi connectivity index (χ2v) is 7.75. The summed E-state index contributed by atoms with van der Waals surface area (Å²) in [4.78, 5) is 29.1. The number of ether oxygens (including phenoxy) is 1. The van der Waals surface area contributed by atoms with Gasteiger partial charge in [-0.15, -0.1) is 5.10 Å². The number of aryl methyl sites for hydroxylation is 1. The number of rotatable bonds is 9. The second-order valence-electron chi connectivity index (χ2n) is 7.39. The average Bonchev–Trinajstić information content (AvgIpc) is 3.30. The van der Waals surface area contributed by atoms with Crippen LogP contribution in [0.15, 0.2) is 10.9 Å². The highest BCUT2D eigenvalue weighted by molar-refractivity contribution is 6.33. The van der Waals surface area contributed by atoms with E-state index in [1.807, 2.05) is 0 Å². The fraction of sp³-hybridized carbons (Fsp3) is 0.421. The summed E-state index contributed by atoms with van der Waals surface area (Å²) in [5, 5.41) is 20.8. The van der Waals surface area contributed by atoms with Crippen LogP contribution in [-0.4, -0.2) is 59.4 Å². The number of anilines is 1. The summed E-state index contributed by atoms with van der Waals surface area (Å²) in [5.74, 6) is -4.84. The van der Waals surface area contributed by atoms with Crippen LogP contribution in [-0.2, 0) is 13.2 Å². The molecule has 3 N–H and O–H groups in total. The van der Waals surface area contributed by atoms with Gasteiger partial charge in [-0.25, -0.2) is 13.6 Å². The van der Waals surface area contributed by atoms with E-state index in [2.05, 4.69) is 25.6 Å². The molecule has 0 unspecified atom stereocenters. The molecule has 0 fully saturated rings. The fourth-order valence-corrected chi connectivity index (χ4v) is 3.18. The van der Waals surface area contributed by atoms with Crippen LogP contribution in [0.5, 0.6) is 5.88 Å². The first-order valence-corrected chi connectivity index (χ1v) is 10.6. The monoisotopic (exact) mass is 539 g/mol. The van der Waals surface area contributed by atoms with Crippen molar-refractivity contribution in [2.75, 3.05) is 11.9 Å². The van der Waals surface area contributed by atoms with Crippen LogP contribution in [0.1, 0.15) is 35.2 Å². The van der Waals surface area contributed by atoms with Gasteiger partial charge >= 0.3 is 11.9 Å². The van der Waals surface area contributed by atoms with Crippen LogP contribution in [0.3, 0.4) is 0 Å². The lowest BCUT2D eigenvalue weighted by Gasteiger charge is -2.19. The van der Waals surface area contributed by atoms with Crippen LogP contribution in [0.25, 0.3) is 5.82 Å². The van der Waals surface area contributed by atoms with E-state index in [0.717, 1.165) is 4.57 Å². The average molecular weight is 540 g/mol. The van der Waals surface area contributed by atoms with E-state index in [9.17, 15) is 27.2 Å². The van der Waals surface area contributed by atoms with Gasteiger partial charge < -0.3 is 15.2 Å². The van der Waals surface area contributed by atoms with Gasteiger partial charge in [0.05, 0.1) is 5.69 Å². The Morgan fingerprint density at radius 2 is 2.08 bits per heavy atom. The Hall–Kier alpha value is -3.53. The predicted molar refractivity (Wildman–Crippen MR) is 115 cm³/mol. The van der Waals surface area contributed by atoms with E-state index >= 15 is 4.39 Å². The Balaban J connectivity index is 2.13. The Labute approximate surface area is 203 Å². The molecule has 17 heteroatoms. The number of carbonyl (C=O) groups is 1. The zero-order chi connectivity index (χ0) is 26.8. The van der Waals surface area contributed by atoms with Gasteiger partial charge in [-0.2, -0.15) is 27.9 Å². The number of hydrogen-bond donors (Lipinski definition) is 3. The van der Waals surface area contributed by atoms with E-state index in [0.29, 0.717) is 23.4 Å². The summed E-state index contributed by atoms with van der Waals surface area (Å²) in [6, 6.07) is 0.494. The number of nitrogens with zero attached hydrogens (tertiary/aromatic N) is 5. The Morgan fingerprint density at radius 1 is 1.39 bits per heavy atom. The van der Waals surface area contributed by atoms with Crippen molar-refractivity contribution in [3.8, 4) is 11.7 Å². The molecule has 3 heterocycles. The lowest BCUT2D eigenvalue weighted by Crippen LogP contribution is -2.33. The van der Waals surface area contributed by atoms with Gasteiger partial charge in [0.2, 0.25) is 5.88 Å². The third-order valence-corrected chi connectivity index (χ3v) is 5.13. The number of aliphatic hydroxyl groups excluding tert-OH is 1. The van der Waals surface area contributed by atoms with Gasteiger partial charge in [0.15, 0.2) is 28.7 Å². The van der Waals surface area contributed by atoms with Crippen molar-refractivity contribution >= 4 is 23.2 Å². The Bertz CT molecular complexity index is 1300. The molecule has 0 saturated carbocycles. The van der Waals surface area contributed by atoms with Crippen molar-refractivity contribution < 1.29 is 36.6 Å². The summed E-state index contributed by atoms with van der Waals surface area (Å²) >= 11 is 5.86. The van der Waals surface area contributed by atoms with E-state index in [1.165, 1.54) is 6.92 Å². The van der Waals surface area contributed by atoms with Gasteiger partial charge in [-0.05, 0) is 26.3 Å². The molecule has 0 spiro atoms. The maximum atomic E-state index is 15.1. The molecule has 0 aliphatic rings. The van der Waals surface area contributed by atoms with Crippen LogP contribution in [0, 0.1) is 12.7 Å². The molecule has 0 aromatic carbocycles. The van der Waals surface area contributed by atoms with Crippen LogP contribution >= 0.6 is 11.6 Å². The fourth-order valence-electron chi connectivity index (χ4n) is 2.95. The number of aromatic amines is 1. The third kappa shape index (κ3) is 5.48. The first kappa shape index (κ1) is 27.1. The van der Waals surface area contributed by atoms with E-state index in [1.54, 1.807) is 0 Å². The van der Waals surface area contributed by atoms with Gasteiger partial charge in [0, 0.05) is 13.2 Å². The van der Waals surface area contributed by atoms with Crippen molar-refractivity contribution in [1.29, 1.82) is 0 Å². The molecule has 0 bridgehead atoms. The normalized spacial score (nSPS) is 12.6. The number of pyridine rings is 1. The molecule has 0 radical (unpaired) electrons. The quantitative estimate of drug-likeness (QED) is 0.355. The van der Waals surface area contributed by atoms with Crippen molar-refractivity contribution in [3.05, 3.63) is 44.6 Å². The minimum Gasteiger partial charge on any atom is -0.464 e. The SMILES string of the molecule is Cc1[nH]nc(Cl)c1NC(=O)c1cc(F)c(-n2nc(CF)n(CCCO)c2=O)nc1O[C@@H](C)C(F)(F)F. The number of amides is 1. The number of aliphatic hydroxyl groups is 1. The van der Waals surface area contributed by atoms with Crippen molar-refractivity contribution in [1.82, 2.24) is 29.5 Å². The number of alkyl halides is 4. The number of H-pyrrole nitrogens is 1. The lowest BCUT2D eigenvalue weighted by molar-refractivity contribution is -0.190. The third-order valence-electron chi connectivity index (χ3n) is 4.86. The second kappa shape index (κ2) is 10.6. The molecule has 0 aliphatic carbocycles. The number of aromatic nitrogens is 6. The van der Waals surface area contributed by atoms with E-state index in [4.69, 9.17) is 21.4 Å². The summed E-state index contributed by atoms with van der Waals surface area (Å²) < 4.78 is 73.9. The Morgan fingerprint density at radius 3 is 2.64 bits per heavy atom. The highest BCUT2D eigenvalue weighted by atomic mass is 35.5. The number of nitrogens with one attached hydrogen (secondary N) is 2. The molecule has 196 valence electrons. The Kier molecular flexibility index (Phi) is 7.98. The maximum Gasteiger partial charge on any atom is 0.425 e. The topological polar surface area (TPSA) is 140 Å². The van der Waals surface area contributed by atoms with Crippen LogP contribution in [0.2, 0.25) is 5.15 Å². The summed E-state index contributed by atoms with van der Waals surface area (Å²) in [7, 11) is 0. The predicted octanol–water partition coefficient (Wildman–Crippen LogP) is 2.69. The molecule has 36 heavy (non-hydrogen) atoms. The molecule has 1 atom stereocenters. The largest absolute Gasteiger partial charge is 0.464 e. The van der Waals surface area contributed by atoms with E-state index in [-0.39, 0.29) is 30.4 Å². The molecule has 3 aromatic heterocycles. The zero-order valence-electron chi connectivity index (χ0n) is 18.7. The summed E-state index contributed by atoms with van der Waals surface area (Å²) in [6.07, 6.45) is -7.34. The molecule has 0 saturated heterocycles. The van der Waals surface area contributed by atoms with E-state index < -0.39 is 59.5 Å². The van der Waals surface area contributed by atoms with Crippen molar-refractivity contribution in [2.24, 2.45) is 0 Å². The zero-order valence-corrected chi connectivity index (χ0v) is 19.4. The number of carbonyl (C=O) groups excluding carboxylic acids is 1. The van der Waals surface area contributed by atoms with Crippen molar-refractivity contribution in [2.45, 2.75) is 45.8 Å². The first-order valence-electron chi connectivity index (χ1n) is 10.2. The van der Waals surface area contributed by atoms with Crippen LogP contribution < -0.4 is 15.7 Å². The minimum atomic E-state index is -4.89. The summed E-state index contributed by atoms with van der Waals surface area (Å²) in [6.45, 7) is 0.361. The maximum absolute atomic E-state index is 15.1. The molecular formula is C19H19ClF5N7O4. The molecule has 3 aromatic rings. The molecule has 11 nitrogen and oxygen atoms in total. The highest BCUT2D eigenvalue weighted by Gasteiger charge is 2.39.